The van der Waals surface area contributed by atoms with Crippen LogP contribution in [0.4, 0.5) is 0 Å². The number of hydrogen-bond donors (Lipinski definition) is 0. The van der Waals surface area contributed by atoms with Crippen LogP contribution in [0.5, 0.6) is 11.5 Å². The maximum atomic E-state index is 12.3. The highest BCUT2D eigenvalue weighted by atomic mass is 16.7. The number of amides is 1. The van der Waals surface area contributed by atoms with Crippen molar-refractivity contribution in [1.29, 1.82) is 0 Å². The normalized spacial score (nSPS) is 19.7. The van der Waals surface area contributed by atoms with Crippen molar-refractivity contribution in [2.24, 2.45) is 0 Å². The molecule has 4 rings (SSSR count). The molecule has 1 aromatic carbocycles. The Bertz CT molecular complexity index is 735. The van der Waals surface area contributed by atoms with Gasteiger partial charge >= 0.3 is 0 Å². The van der Waals surface area contributed by atoms with Gasteiger partial charge in [-0.2, -0.15) is 0 Å². The van der Waals surface area contributed by atoms with Crippen molar-refractivity contribution in [2.45, 2.75) is 12.3 Å². The minimum atomic E-state index is 0.0182. The summed E-state index contributed by atoms with van der Waals surface area (Å²) >= 11 is 0. The number of hydrogen-bond acceptors (Lipinski definition) is 4. The van der Waals surface area contributed by atoms with E-state index in [4.69, 9.17) is 13.9 Å². The molecule has 1 amide bonds. The molecule has 2 aromatic rings. The molecule has 1 atom stereocenters. The number of nitrogens with zero attached hydrogens (tertiary/aromatic N) is 1. The SMILES string of the molecule is O=C(/C=C/c1ccco1)N1CC[C@@H](c2ccc3c(c2)OCO3)C1. The molecule has 2 aliphatic heterocycles. The van der Waals surface area contributed by atoms with Gasteiger partial charge in [0.15, 0.2) is 11.5 Å². The molecule has 0 aliphatic carbocycles. The molecule has 2 aliphatic rings. The van der Waals surface area contributed by atoms with Crippen molar-refractivity contribution in [3.63, 3.8) is 0 Å². The fraction of sp³-hybridized carbons (Fsp3) is 0.278. The van der Waals surface area contributed by atoms with Crippen molar-refractivity contribution in [3.8, 4) is 11.5 Å². The Hall–Kier alpha value is -2.69. The van der Waals surface area contributed by atoms with Gasteiger partial charge in [0.25, 0.3) is 0 Å². The summed E-state index contributed by atoms with van der Waals surface area (Å²) in [5.74, 6) is 2.63. The van der Waals surface area contributed by atoms with E-state index < -0.39 is 0 Å². The van der Waals surface area contributed by atoms with Gasteiger partial charge in [-0.15, -0.1) is 0 Å². The van der Waals surface area contributed by atoms with Gasteiger partial charge in [0.05, 0.1) is 6.26 Å². The third-order valence-corrected chi connectivity index (χ3v) is 4.30. The lowest BCUT2D eigenvalue weighted by Gasteiger charge is -2.14. The number of benzene rings is 1. The second-order valence-electron chi connectivity index (χ2n) is 5.73. The summed E-state index contributed by atoms with van der Waals surface area (Å²) in [5.41, 5.74) is 1.19. The number of ether oxygens (including phenoxy) is 2. The van der Waals surface area contributed by atoms with Gasteiger partial charge in [0.1, 0.15) is 5.76 Å². The van der Waals surface area contributed by atoms with Crippen LogP contribution in [-0.2, 0) is 4.79 Å². The standard InChI is InChI=1S/C18H17NO4/c20-18(6-4-15-2-1-9-21-15)19-8-7-14(11-19)13-3-5-16-17(10-13)23-12-22-16/h1-6,9-10,14H,7-8,11-12H2/b6-4+/t14-/m1/s1. The molecule has 3 heterocycles. The zero-order chi connectivity index (χ0) is 15.6. The van der Waals surface area contributed by atoms with E-state index in [0.717, 1.165) is 31.0 Å². The summed E-state index contributed by atoms with van der Waals surface area (Å²) in [7, 11) is 0. The first-order chi connectivity index (χ1) is 11.3. The zero-order valence-corrected chi connectivity index (χ0v) is 12.6. The minimum Gasteiger partial charge on any atom is -0.465 e. The smallest absolute Gasteiger partial charge is 0.246 e. The number of rotatable bonds is 3. The average Bonchev–Trinajstić information content (AvgIpc) is 3.32. The summed E-state index contributed by atoms with van der Waals surface area (Å²) in [6, 6.07) is 9.66. The Morgan fingerprint density at radius 3 is 3.00 bits per heavy atom. The van der Waals surface area contributed by atoms with Crippen LogP contribution >= 0.6 is 0 Å². The number of fused-ring (bicyclic) bond motifs is 1. The van der Waals surface area contributed by atoms with E-state index >= 15 is 0 Å². The van der Waals surface area contributed by atoms with Gasteiger partial charge < -0.3 is 18.8 Å². The van der Waals surface area contributed by atoms with Crippen LogP contribution in [0.25, 0.3) is 6.08 Å². The Morgan fingerprint density at radius 2 is 2.13 bits per heavy atom. The van der Waals surface area contributed by atoms with Gasteiger partial charge in [-0.1, -0.05) is 6.07 Å². The summed E-state index contributed by atoms with van der Waals surface area (Å²) in [6.45, 7) is 1.77. The van der Waals surface area contributed by atoms with Crippen LogP contribution in [0.3, 0.4) is 0 Å². The van der Waals surface area contributed by atoms with Crippen molar-refractivity contribution in [3.05, 3.63) is 54.0 Å². The van der Waals surface area contributed by atoms with Crippen LogP contribution in [0.2, 0.25) is 0 Å². The van der Waals surface area contributed by atoms with Gasteiger partial charge in [0.2, 0.25) is 12.7 Å². The Balaban J connectivity index is 1.41. The number of furan rings is 1. The highest BCUT2D eigenvalue weighted by Crippen LogP contribution is 2.37. The monoisotopic (exact) mass is 311 g/mol. The van der Waals surface area contributed by atoms with Gasteiger partial charge in [-0.25, -0.2) is 0 Å². The van der Waals surface area contributed by atoms with E-state index in [2.05, 4.69) is 6.07 Å². The first-order valence-corrected chi connectivity index (χ1v) is 7.69. The van der Waals surface area contributed by atoms with Crippen molar-refractivity contribution >= 4 is 12.0 Å². The highest BCUT2D eigenvalue weighted by molar-refractivity contribution is 5.91. The fourth-order valence-electron chi connectivity index (χ4n) is 3.04. The number of carbonyl (C=O) groups is 1. The van der Waals surface area contributed by atoms with E-state index in [1.165, 1.54) is 5.56 Å². The van der Waals surface area contributed by atoms with Gasteiger partial charge in [-0.05, 0) is 42.3 Å². The molecule has 118 valence electrons. The van der Waals surface area contributed by atoms with Crippen LogP contribution in [0.15, 0.2) is 47.1 Å². The molecule has 0 spiro atoms. The lowest BCUT2D eigenvalue weighted by Crippen LogP contribution is -2.26. The number of carbonyl (C=O) groups excluding carboxylic acids is 1. The second kappa shape index (κ2) is 5.83. The number of likely N-dealkylation sites (tertiary alicyclic amines) is 1. The maximum Gasteiger partial charge on any atom is 0.246 e. The lowest BCUT2D eigenvalue weighted by molar-refractivity contribution is -0.124. The van der Waals surface area contributed by atoms with E-state index in [9.17, 15) is 4.79 Å². The second-order valence-corrected chi connectivity index (χ2v) is 5.73. The van der Waals surface area contributed by atoms with Crippen molar-refractivity contribution < 1.29 is 18.7 Å². The molecule has 23 heavy (non-hydrogen) atoms. The highest BCUT2D eigenvalue weighted by Gasteiger charge is 2.27. The fourth-order valence-corrected chi connectivity index (χ4v) is 3.04. The average molecular weight is 311 g/mol. The van der Waals surface area contributed by atoms with Crippen LogP contribution in [-0.4, -0.2) is 30.7 Å². The van der Waals surface area contributed by atoms with E-state index in [0.29, 0.717) is 11.7 Å². The molecule has 5 heteroatoms. The van der Waals surface area contributed by atoms with E-state index in [-0.39, 0.29) is 12.7 Å². The summed E-state index contributed by atoms with van der Waals surface area (Å²) in [6.07, 6.45) is 5.83. The van der Waals surface area contributed by atoms with E-state index in [1.807, 2.05) is 23.1 Å². The van der Waals surface area contributed by atoms with Crippen LogP contribution in [0, 0.1) is 0 Å². The largest absolute Gasteiger partial charge is 0.465 e. The quantitative estimate of drug-likeness (QED) is 0.818. The third-order valence-electron chi connectivity index (χ3n) is 4.30. The molecule has 0 saturated carbocycles. The van der Waals surface area contributed by atoms with Crippen molar-refractivity contribution in [1.82, 2.24) is 4.90 Å². The summed E-state index contributed by atoms with van der Waals surface area (Å²) in [4.78, 5) is 14.1. The summed E-state index contributed by atoms with van der Waals surface area (Å²) in [5, 5.41) is 0. The van der Waals surface area contributed by atoms with Gasteiger partial charge in [0, 0.05) is 25.1 Å². The molecule has 1 fully saturated rings. The predicted octanol–water partition coefficient (Wildman–Crippen LogP) is 3.04. The minimum absolute atomic E-state index is 0.0182. The van der Waals surface area contributed by atoms with Crippen LogP contribution < -0.4 is 9.47 Å². The Labute approximate surface area is 134 Å². The molecular formula is C18H17NO4. The predicted molar refractivity (Wildman–Crippen MR) is 84.2 cm³/mol. The summed E-state index contributed by atoms with van der Waals surface area (Å²) < 4.78 is 16.0. The molecular weight excluding hydrogens is 294 g/mol. The zero-order valence-electron chi connectivity index (χ0n) is 12.6. The molecule has 0 unspecified atom stereocenters. The molecule has 1 aromatic heterocycles. The van der Waals surface area contributed by atoms with E-state index in [1.54, 1.807) is 24.5 Å². The Kier molecular flexibility index (Phi) is 3.54. The first kappa shape index (κ1) is 13.9. The topological polar surface area (TPSA) is 51.9 Å². The lowest BCUT2D eigenvalue weighted by atomic mass is 9.98. The molecule has 5 nitrogen and oxygen atoms in total. The molecule has 0 bridgehead atoms. The molecule has 0 N–H and O–H groups in total. The van der Waals surface area contributed by atoms with Crippen LogP contribution in [0.1, 0.15) is 23.7 Å². The van der Waals surface area contributed by atoms with Crippen molar-refractivity contribution in [2.75, 3.05) is 19.9 Å². The third kappa shape index (κ3) is 2.82. The Morgan fingerprint density at radius 1 is 1.22 bits per heavy atom. The molecule has 1 saturated heterocycles. The first-order valence-electron chi connectivity index (χ1n) is 7.69. The maximum absolute atomic E-state index is 12.3. The van der Waals surface area contributed by atoms with Gasteiger partial charge in [-0.3, -0.25) is 4.79 Å². The molecule has 0 radical (unpaired) electrons.